The van der Waals surface area contributed by atoms with Crippen molar-refractivity contribution in [2.75, 3.05) is 12.0 Å². The third-order valence-corrected chi connectivity index (χ3v) is 4.02. The molecule has 0 aliphatic rings. The molecule has 2 N–H and O–H groups in total. The molecule has 0 atom stereocenters. The number of thiophene rings is 1. The highest BCUT2D eigenvalue weighted by Gasteiger charge is 2.11. The summed E-state index contributed by atoms with van der Waals surface area (Å²) in [6.45, 7) is 0. The smallest absolute Gasteiger partial charge is 0.105 e. The molecule has 1 aromatic carbocycles. The Morgan fingerprint density at radius 3 is 2.93 bits per heavy atom. The molecule has 0 unspecified atom stereocenters. The van der Waals surface area contributed by atoms with Crippen molar-refractivity contribution < 1.29 is 0 Å². The first-order valence-corrected chi connectivity index (χ1v) is 6.07. The van der Waals surface area contributed by atoms with Crippen molar-refractivity contribution in [1.29, 1.82) is 5.26 Å². The standard InChI is InChI=1S/C10H8N2S2/c1-13-8-4-2-3-6-7(5-11)10(12)14-9(6)8/h2-4H,12H2,1H3. The maximum absolute atomic E-state index is 8.94. The summed E-state index contributed by atoms with van der Waals surface area (Å²) >= 11 is 3.17. The number of nitriles is 1. The van der Waals surface area contributed by atoms with Crippen molar-refractivity contribution in [2.45, 2.75) is 4.90 Å². The number of rotatable bonds is 1. The highest BCUT2D eigenvalue weighted by Crippen LogP contribution is 2.38. The van der Waals surface area contributed by atoms with Gasteiger partial charge in [0.2, 0.25) is 0 Å². The van der Waals surface area contributed by atoms with E-state index in [-0.39, 0.29) is 0 Å². The van der Waals surface area contributed by atoms with E-state index in [1.54, 1.807) is 11.8 Å². The quantitative estimate of drug-likeness (QED) is 0.751. The minimum Gasteiger partial charge on any atom is -0.389 e. The topological polar surface area (TPSA) is 49.8 Å². The molecule has 0 aliphatic carbocycles. The van der Waals surface area contributed by atoms with Crippen LogP contribution in [0.1, 0.15) is 5.56 Å². The molecule has 2 aromatic rings. The molecule has 70 valence electrons. The van der Waals surface area contributed by atoms with E-state index < -0.39 is 0 Å². The zero-order valence-corrected chi connectivity index (χ0v) is 9.21. The zero-order chi connectivity index (χ0) is 10.1. The summed E-state index contributed by atoms with van der Waals surface area (Å²) in [6.07, 6.45) is 2.02. The summed E-state index contributed by atoms with van der Waals surface area (Å²) in [7, 11) is 0. The summed E-state index contributed by atoms with van der Waals surface area (Å²) in [5.41, 5.74) is 6.39. The van der Waals surface area contributed by atoms with Gasteiger partial charge in [0.25, 0.3) is 0 Å². The maximum Gasteiger partial charge on any atom is 0.105 e. The lowest BCUT2D eigenvalue weighted by Gasteiger charge is -1.96. The fourth-order valence-corrected chi connectivity index (χ4v) is 3.20. The Labute approximate surface area is 90.3 Å². The summed E-state index contributed by atoms with van der Waals surface area (Å²) in [6, 6.07) is 8.10. The molecule has 0 bridgehead atoms. The van der Waals surface area contributed by atoms with Crippen LogP contribution in [0.25, 0.3) is 10.1 Å². The Morgan fingerprint density at radius 1 is 1.50 bits per heavy atom. The van der Waals surface area contributed by atoms with Gasteiger partial charge in [-0.1, -0.05) is 12.1 Å². The van der Waals surface area contributed by atoms with Gasteiger partial charge in [0.15, 0.2) is 0 Å². The highest BCUT2D eigenvalue weighted by atomic mass is 32.2. The lowest BCUT2D eigenvalue weighted by molar-refractivity contribution is 1.51. The molecular weight excluding hydrogens is 212 g/mol. The first kappa shape index (κ1) is 9.38. The zero-order valence-electron chi connectivity index (χ0n) is 7.57. The van der Waals surface area contributed by atoms with Crippen LogP contribution in [0.3, 0.4) is 0 Å². The summed E-state index contributed by atoms with van der Waals surface area (Å²) < 4.78 is 1.12. The molecular formula is C10H8N2S2. The van der Waals surface area contributed by atoms with E-state index in [2.05, 4.69) is 6.07 Å². The molecule has 1 heterocycles. The lowest BCUT2D eigenvalue weighted by Crippen LogP contribution is -1.81. The lowest BCUT2D eigenvalue weighted by atomic mass is 10.2. The van der Waals surface area contributed by atoms with Crippen molar-refractivity contribution in [1.82, 2.24) is 0 Å². The third kappa shape index (κ3) is 1.26. The van der Waals surface area contributed by atoms with Crippen LogP contribution in [0.15, 0.2) is 23.1 Å². The van der Waals surface area contributed by atoms with Crippen LogP contribution in [-0.2, 0) is 0 Å². The fourth-order valence-electron chi connectivity index (χ4n) is 1.39. The number of anilines is 1. The number of nitrogens with zero attached hydrogens (tertiary/aromatic N) is 1. The largest absolute Gasteiger partial charge is 0.389 e. The average molecular weight is 220 g/mol. The van der Waals surface area contributed by atoms with Crippen LogP contribution in [-0.4, -0.2) is 6.26 Å². The van der Waals surface area contributed by atoms with E-state index >= 15 is 0 Å². The number of nitrogen functional groups attached to an aromatic ring is 1. The van der Waals surface area contributed by atoms with Gasteiger partial charge in [-0.25, -0.2) is 0 Å². The van der Waals surface area contributed by atoms with Gasteiger partial charge in [-0.3, -0.25) is 0 Å². The minimum atomic E-state index is 0.612. The number of nitrogens with two attached hydrogens (primary N) is 1. The van der Waals surface area contributed by atoms with Gasteiger partial charge >= 0.3 is 0 Å². The Hall–Kier alpha value is -1.18. The van der Waals surface area contributed by atoms with Gasteiger partial charge in [0.1, 0.15) is 11.1 Å². The number of hydrogen-bond donors (Lipinski definition) is 1. The fraction of sp³-hybridized carbons (Fsp3) is 0.100. The maximum atomic E-state index is 8.94. The first-order chi connectivity index (χ1) is 6.77. The van der Waals surface area contributed by atoms with E-state index in [4.69, 9.17) is 11.0 Å². The van der Waals surface area contributed by atoms with Crippen molar-refractivity contribution in [3.8, 4) is 6.07 Å². The normalized spacial score (nSPS) is 10.3. The molecule has 0 fully saturated rings. The minimum absolute atomic E-state index is 0.612. The molecule has 0 aliphatic heterocycles. The summed E-state index contributed by atoms with van der Waals surface area (Å²) in [4.78, 5) is 1.18. The van der Waals surface area contributed by atoms with E-state index in [1.807, 2.05) is 24.5 Å². The van der Waals surface area contributed by atoms with Gasteiger partial charge in [0, 0.05) is 10.3 Å². The monoisotopic (exact) mass is 220 g/mol. The SMILES string of the molecule is CSc1cccc2c(C#N)c(N)sc12. The summed E-state index contributed by atoms with van der Waals surface area (Å²) in [5.74, 6) is 0. The molecule has 0 radical (unpaired) electrons. The molecule has 2 nitrogen and oxygen atoms in total. The van der Waals surface area contributed by atoms with Gasteiger partial charge < -0.3 is 5.73 Å². The van der Waals surface area contributed by atoms with Gasteiger partial charge in [-0.05, 0) is 12.3 Å². The van der Waals surface area contributed by atoms with Crippen LogP contribution in [0.4, 0.5) is 5.00 Å². The van der Waals surface area contributed by atoms with Crippen LogP contribution >= 0.6 is 23.1 Å². The van der Waals surface area contributed by atoms with Crippen molar-refractivity contribution in [2.24, 2.45) is 0 Å². The second kappa shape index (κ2) is 3.52. The highest BCUT2D eigenvalue weighted by molar-refractivity contribution is 7.99. The van der Waals surface area contributed by atoms with Crippen molar-refractivity contribution >= 4 is 38.2 Å². The predicted molar refractivity (Wildman–Crippen MR) is 62.7 cm³/mol. The van der Waals surface area contributed by atoms with Gasteiger partial charge in [-0.2, -0.15) is 5.26 Å². The Balaban J connectivity index is 2.87. The molecule has 14 heavy (non-hydrogen) atoms. The van der Waals surface area contributed by atoms with Crippen molar-refractivity contribution in [3.63, 3.8) is 0 Å². The Kier molecular flexibility index (Phi) is 2.36. The number of hydrogen-bond acceptors (Lipinski definition) is 4. The molecule has 4 heteroatoms. The van der Waals surface area contributed by atoms with Crippen LogP contribution < -0.4 is 5.73 Å². The van der Waals surface area contributed by atoms with E-state index in [0.717, 1.165) is 10.1 Å². The van der Waals surface area contributed by atoms with E-state index in [0.29, 0.717) is 10.6 Å². The molecule has 1 aromatic heterocycles. The van der Waals surface area contributed by atoms with Crippen LogP contribution in [0.2, 0.25) is 0 Å². The first-order valence-electron chi connectivity index (χ1n) is 4.03. The Bertz CT molecular complexity index is 523. The van der Waals surface area contributed by atoms with Crippen LogP contribution in [0, 0.1) is 11.3 Å². The number of thioether (sulfide) groups is 1. The average Bonchev–Trinajstić information content (AvgIpc) is 2.52. The molecule has 0 amide bonds. The number of fused-ring (bicyclic) bond motifs is 1. The second-order valence-electron chi connectivity index (χ2n) is 2.79. The second-order valence-corrected chi connectivity index (χ2v) is 4.69. The van der Waals surface area contributed by atoms with E-state index in [1.165, 1.54) is 16.2 Å². The van der Waals surface area contributed by atoms with Crippen molar-refractivity contribution in [3.05, 3.63) is 23.8 Å². The molecule has 0 saturated heterocycles. The molecule has 0 saturated carbocycles. The predicted octanol–water partition coefficient (Wildman–Crippen LogP) is 3.08. The third-order valence-electron chi connectivity index (χ3n) is 2.04. The van der Waals surface area contributed by atoms with Crippen LogP contribution in [0.5, 0.6) is 0 Å². The van der Waals surface area contributed by atoms with Gasteiger partial charge in [-0.15, -0.1) is 23.1 Å². The molecule has 2 rings (SSSR count). The Morgan fingerprint density at radius 2 is 2.29 bits per heavy atom. The summed E-state index contributed by atoms with van der Waals surface area (Å²) in [5, 5.41) is 10.5. The number of benzene rings is 1. The molecule has 0 spiro atoms. The van der Waals surface area contributed by atoms with Gasteiger partial charge in [0.05, 0.1) is 10.3 Å². The van der Waals surface area contributed by atoms with E-state index in [9.17, 15) is 0 Å².